The van der Waals surface area contributed by atoms with Crippen LogP contribution < -0.4 is 21.7 Å². The number of benzene rings is 3. The first-order chi connectivity index (χ1) is 21.0. The van der Waals surface area contributed by atoms with Crippen molar-refractivity contribution in [3.8, 4) is 11.5 Å². The number of hydrogen-bond donors (Lipinski definition) is 7. The highest BCUT2D eigenvalue weighted by Crippen LogP contribution is 2.14. The van der Waals surface area contributed by atoms with Gasteiger partial charge in [-0.15, -0.1) is 0 Å². The van der Waals surface area contributed by atoms with E-state index in [4.69, 9.17) is 5.73 Å². The average Bonchev–Trinajstić information content (AvgIpc) is 3.00. The Hall–Kier alpha value is -4.55. The maximum absolute atomic E-state index is 13.5. The van der Waals surface area contributed by atoms with E-state index in [1.807, 2.05) is 6.26 Å². The highest BCUT2D eigenvalue weighted by molar-refractivity contribution is 7.98. The van der Waals surface area contributed by atoms with Gasteiger partial charge in [0.15, 0.2) is 0 Å². The van der Waals surface area contributed by atoms with Crippen LogP contribution in [-0.4, -0.2) is 75.2 Å². The van der Waals surface area contributed by atoms with Crippen molar-refractivity contribution in [2.75, 3.05) is 12.0 Å². The molecule has 3 aromatic rings. The van der Waals surface area contributed by atoms with E-state index >= 15 is 0 Å². The summed E-state index contributed by atoms with van der Waals surface area (Å²) in [6.45, 7) is 0. The van der Waals surface area contributed by atoms with Gasteiger partial charge in [0.05, 0.1) is 6.04 Å². The number of phenols is 2. The minimum absolute atomic E-state index is 0.000903. The first-order valence-corrected chi connectivity index (χ1v) is 15.4. The molecule has 8 N–H and O–H groups in total. The first-order valence-electron chi connectivity index (χ1n) is 14.0. The predicted octanol–water partition coefficient (Wildman–Crippen LogP) is 1.75. The van der Waals surface area contributed by atoms with Gasteiger partial charge in [0.25, 0.3) is 0 Å². The van der Waals surface area contributed by atoms with Gasteiger partial charge in [-0.05, 0) is 65.8 Å². The fourth-order valence-corrected chi connectivity index (χ4v) is 4.90. The van der Waals surface area contributed by atoms with Crippen LogP contribution in [0.15, 0.2) is 78.9 Å². The van der Waals surface area contributed by atoms with E-state index in [0.29, 0.717) is 16.9 Å². The number of thioether (sulfide) groups is 1. The zero-order chi connectivity index (χ0) is 32.1. The molecule has 0 saturated heterocycles. The SMILES string of the molecule is CSCCC(NC(=O)C(N)Cc1ccc(O)cc1)C(=O)NC(Cc1ccc(O)cc1)C(=O)NC(Cc1ccccc1)C(=O)O. The molecule has 234 valence electrons. The van der Waals surface area contributed by atoms with E-state index in [1.54, 1.807) is 54.6 Å². The summed E-state index contributed by atoms with van der Waals surface area (Å²) in [6.07, 6.45) is 2.32. The summed E-state index contributed by atoms with van der Waals surface area (Å²) < 4.78 is 0. The van der Waals surface area contributed by atoms with E-state index in [2.05, 4.69) is 16.0 Å². The summed E-state index contributed by atoms with van der Waals surface area (Å²) in [6, 6.07) is 16.7. The van der Waals surface area contributed by atoms with Crippen LogP contribution in [0.4, 0.5) is 0 Å². The van der Waals surface area contributed by atoms with E-state index in [-0.39, 0.29) is 37.2 Å². The molecule has 0 spiro atoms. The van der Waals surface area contributed by atoms with Gasteiger partial charge in [0, 0.05) is 12.8 Å². The van der Waals surface area contributed by atoms with E-state index < -0.39 is 47.9 Å². The van der Waals surface area contributed by atoms with Crippen LogP contribution in [0, 0.1) is 0 Å². The molecule has 3 amide bonds. The van der Waals surface area contributed by atoms with Crippen LogP contribution in [-0.2, 0) is 38.4 Å². The van der Waals surface area contributed by atoms with Crippen molar-refractivity contribution >= 4 is 35.5 Å². The molecule has 0 aliphatic carbocycles. The van der Waals surface area contributed by atoms with Gasteiger partial charge in [-0.3, -0.25) is 14.4 Å². The van der Waals surface area contributed by atoms with Gasteiger partial charge >= 0.3 is 5.97 Å². The molecule has 3 aromatic carbocycles. The molecule has 0 heterocycles. The monoisotopic (exact) mass is 622 g/mol. The topological polar surface area (TPSA) is 191 Å². The zero-order valence-corrected chi connectivity index (χ0v) is 25.1. The third-order valence-corrected chi connectivity index (χ3v) is 7.52. The van der Waals surface area contributed by atoms with Crippen molar-refractivity contribution in [1.82, 2.24) is 16.0 Å². The molecule has 44 heavy (non-hydrogen) atoms. The molecule has 0 aromatic heterocycles. The van der Waals surface area contributed by atoms with Crippen molar-refractivity contribution in [1.29, 1.82) is 0 Å². The number of nitrogens with one attached hydrogen (secondary N) is 3. The van der Waals surface area contributed by atoms with E-state index in [9.17, 15) is 34.5 Å². The zero-order valence-electron chi connectivity index (χ0n) is 24.3. The number of nitrogens with two attached hydrogens (primary N) is 1. The lowest BCUT2D eigenvalue weighted by Gasteiger charge is -2.25. The number of amides is 3. The second-order valence-corrected chi connectivity index (χ2v) is 11.3. The smallest absolute Gasteiger partial charge is 0.326 e. The second-order valence-electron chi connectivity index (χ2n) is 10.3. The first kappa shape index (κ1) is 33.9. The van der Waals surface area contributed by atoms with E-state index in [1.165, 1.54) is 36.0 Å². The van der Waals surface area contributed by atoms with Crippen molar-refractivity contribution < 1.29 is 34.5 Å². The number of hydrogen-bond acceptors (Lipinski definition) is 8. The van der Waals surface area contributed by atoms with Crippen molar-refractivity contribution in [2.24, 2.45) is 5.73 Å². The summed E-state index contributed by atoms with van der Waals surface area (Å²) in [5.41, 5.74) is 8.17. The van der Waals surface area contributed by atoms with E-state index in [0.717, 1.165) is 5.56 Å². The standard InChI is InChI=1S/C32H38N4O7S/c1-44-16-15-26(34-29(39)25(33)17-21-7-11-23(37)12-8-21)30(40)35-27(18-22-9-13-24(38)14-10-22)31(41)36-28(32(42)43)19-20-5-3-2-4-6-20/h2-14,25-28,37-38H,15-19,33H2,1H3,(H,34,39)(H,35,40)(H,36,41)(H,42,43). The van der Waals surface area contributed by atoms with Gasteiger partial charge in [-0.25, -0.2) is 4.79 Å². The number of phenolic OH excluding ortho intramolecular Hbond substituents is 2. The van der Waals surface area contributed by atoms with Gasteiger partial charge in [-0.2, -0.15) is 11.8 Å². The molecular weight excluding hydrogens is 584 g/mol. The summed E-state index contributed by atoms with van der Waals surface area (Å²) in [5.74, 6) is -2.50. The Balaban J connectivity index is 1.77. The maximum atomic E-state index is 13.5. The third-order valence-electron chi connectivity index (χ3n) is 6.88. The molecule has 11 nitrogen and oxygen atoms in total. The summed E-state index contributed by atoms with van der Waals surface area (Å²) in [7, 11) is 0. The number of aromatic hydroxyl groups is 2. The van der Waals surface area contributed by atoms with Crippen LogP contribution >= 0.6 is 11.8 Å². The van der Waals surface area contributed by atoms with Crippen LogP contribution in [0.3, 0.4) is 0 Å². The second kappa shape index (κ2) is 16.9. The lowest BCUT2D eigenvalue weighted by molar-refractivity contribution is -0.142. The summed E-state index contributed by atoms with van der Waals surface area (Å²) >= 11 is 1.47. The maximum Gasteiger partial charge on any atom is 0.326 e. The van der Waals surface area contributed by atoms with Crippen LogP contribution in [0.2, 0.25) is 0 Å². The minimum atomic E-state index is -1.26. The predicted molar refractivity (Wildman–Crippen MR) is 168 cm³/mol. The summed E-state index contributed by atoms with van der Waals surface area (Å²) in [4.78, 5) is 52.0. The number of carboxylic acid groups (broad SMARTS) is 1. The molecule has 4 unspecified atom stereocenters. The van der Waals surface area contributed by atoms with Crippen molar-refractivity contribution in [3.05, 3.63) is 95.6 Å². The number of carbonyl (C=O) groups excluding carboxylic acids is 3. The third kappa shape index (κ3) is 10.9. The Morgan fingerprint density at radius 3 is 1.66 bits per heavy atom. The molecule has 0 radical (unpaired) electrons. The fourth-order valence-electron chi connectivity index (χ4n) is 4.43. The Labute approximate surface area is 260 Å². The Morgan fingerprint density at radius 2 is 1.11 bits per heavy atom. The lowest BCUT2D eigenvalue weighted by Crippen LogP contribution is -2.58. The molecular formula is C32H38N4O7S. The molecule has 3 rings (SSSR count). The average molecular weight is 623 g/mol. The number of carbonyl (C=O) groups is 4. The Bertz CT molecular complexity index is 1390. The van der Waals surface area contributed by atoms with Crippen molar-refractivity contribution in [2.45, 2.75) is 49.9 Å². The fraction of sp³-hybridized carbons (Fsp3) is 0.312. The summed E-state index contributed by atoms with van der Waals surface area (Å²) in [5, 5.41) is 36.9. The molecule has 0 aliphatic heterocycles. The highest BCUT2D eigenvalue weighted by Gasteiger charge is 2.30. The number of aliphatic carboxylic acids is 1. The van der Waals surface area contributed by atoms with Crippen LogP contribution in [0.25, 0.3) is 0 Å². The Kier molecular flexibility index (Phi) is 13.1. The van der Waals surface area contributed by atoms with Crippen LogP contribution in [0.5, 0.6) is 11.5 Å². The normalized spacial score (nSPS) is 13.6. The molecule has 0 fully saturated rings. The Morgan fingerprint density at radius 1 is 0.659 bits per heavy atom. The van der Waals surface area contributed by atoms with Gasteiger partial charge in [0.1, 0.15) is 29.6 Å². The van der Waals surface area contributed by atoms with Gasteiger partial charge in [0.2, 0.25) is 17.7 Å². The van der Waals surface area contributed by atoms with Gasteiger partial charge < -0.3 is 37.0 Å². The molecule has 12 heteroatoms. The number of rotatable bonds is 16. The van der Waals surface area contributed by atoms with Crippen LogP contribution in [0.1, 0.15) is 23.1 Å². The molecule has 4 atom stereocenters. The van der Waals surface area contributed by atoms with Crippen molar-refractivity contribution in [3.63, 3.8) is 0 Å². The lowest BCUT2D eigenvalue weighted by atomic mass is 10.0. The highest BCUT2D eigenvalue weighted by atomic mass is 32.2. The number of carboxylic acids is 1. The molecule has 0 saturated carbocycles. The minimum Gasteiger partial charge on any atom is -0.508 e. The molecule has 0 aliphatic rings. The largest absolute Gasteiger partial charge is 0.508 e. The van der Waals surface area contributed by atoms with Gasteiger partial charge in [-0.1, -0.05) is 54.6 Å². The quantitative estimate of drug-likeness (QED) is 0.125. The molecule has 0 bridgehead atoms.